The summed E-state index contributed by atoms with van der Waals surface area (Å²) in [5, 5.41) is 11.8. The van der Waals surface area contributed by atoms with Crippen LogP contribution in [0.25, 0.3) is 0 Å². The van der Waals surface area contributed by atoms with Gasteiger partial charge in [0.1, 0.15) is 5.82 Å². The first-order chi connectivity index (χ1) is 13.1. The predicted molar refractivity (Wildman–Crippen MR) is 100 cm³/mol. The summed E-state index contributed by atoms with van der Waals surface area (Å²) in [6.45, 7) is 6.16. The van der Waals surface area contributed by atoms with Crippen LogP contribution in [-0.4, -0.2) is 65.1 Å². The molecule has 2 saturated heterocycles. The van der Waals surface area contributed by atoms with E-state index in [-0.39, 0.29) is 11.7 Å². The number of piperidine rings is 1. The lowest BCUT2D eigenvalue weighted by Crippen LogP contribution is -2.49. The van der Waals surface area contributed by atoms with Gasteiger partial charge in [0.05, 0.1) is 17.4 Å². The summed E-state index contributed by atoms with van der Waals surface area (Å²) in [4.78, 5) is 16.7. The second-order valence-corrected chi connectivity index (χ2v) is 7.18. The van der Waals surface area contributed by atoms with E-state index < -0.39 is 0 Å². The quantitative estimate of drug-likeness (QED) is 0.887. The van der Waals surface area contributed by atoms with E-state index in [0.29, 0.717) is 43.6 Å². The molecule has 0 unspecified atom stereocenters. The van der Waals surface area contributed by atoms with Crippen LogP contribution in [0.15, 0.2) is 24.3 Å². The van der Waals surface area contributed by atoms with Gasteiger partial charge < -0.3 is 15.1 Å². The average molecular weight is 372 g/mol. The van der Waals surface area contributed by atoms with Crippen molar-refractivity contribution in [3.05, 3.63) is 41.5 Å². The number of benzene rings is 1. The smallest absolute Gasteiger partial charge is 0.276 e. The number of aromatic nitrogens is 3. The normalized spacial score (nSPS) is 18.7. The summed E-state index contributed by atoms with van der Waals surface area (Å²) in [7, 11) is 0. The molecule has 1 aromatic heterocycles. The first-order valence-electron chi connectivity index (χ1n) is 9.56. The standard InChI is InChI=1S/C19H25FN6O/c1-14-18(22-23-26(14)15-6-8-21-9-7-15)19(27)25-12-10-24(11-13-25)17-5-3-2-4-16(17)20/h2-5,15,21H,6-13H2,1H3. The molecule has 0 atom stereocenters. The Balaban J connectivity index is 1.42. The molecule has 2 aliphatic rings. The number of amides is 1. The maximum Gasteiger partial charge on any atom is 0.276 e. The highest BCUT2D eigenvalue weighted by atomic mass is 19.1. The molecule has 27 heavy (non-hydrogen) atoms. The molecule has 0 bridgehead atoms. The van der Waals surface area contributed by atoms with E-state index in [4.69, 9.17) is 0 Å². The second kappa shape index (κ2) is 7.64. The molecule has 144 valence electrons. The maximum atomic E-state index is 14.0. The van der Waals surface area contributed by atoms with Crippen molar-refractivity contribution in [2.75, 3.05) is 44.2 Å². The topological polar surface area (TPSA) is 66.3 Å². The second-order valence-electron chi connectivity index (χ2n) is 7.18. The zero-order valence-corrected chi connectivity index (χ0v) is 15.6. The number of para-hydroxylation sites is 1. The van der Waals surface area contributed by atoms with E-state index in [2.05, 4.69) is 15.6 Å². The Hall–Kier alpha value is -2.48. The third-order valence-electron chi connectivity index (χ3n) is 5.54. The van der Waals surface area contributed by atoms with Gasteiger partial charge in [-0.25, -0.2) is 9.07 Å². The van der Waals surface area contributed by atoms with Crippen LogP contribution < -0.4 is 10.2 Å². The van der Waals surface area contributed by atoms with E-state index in [1.54, 1.807) is 17.0 Å². The van der Waals surface area contributed by atoms with Gasteiger partial charge in [-0.05, 0) is 45.0 Å². The summed E-state index contributed by atoms with van der Waals surface area (Å²) in [5.74, 6) is -0.307. The molecule has 3 heterocycles. The molecule has 2 aliphatic heterocycles. The number of carbonyl (C=O) groups is 1. The number of piperazine rings is 1. The number of hydrogen-bond acceptors (Lipinski definition) is 5. The Kier molecular flexibility index (Phi) is 5.07. The lowest BCUT2D eigenvalue weighted by Gasteiger charge is -2.36. The van der Waals surface area contributed by atoms with Crippen molar-refractivity contribution in [2.45, 2.75) is 25.8 Å². The molecule has 4 rings (SSSR count). The Labute approximate surface area is 158 Å². The van der Waals surface area contributed by atoms with Gasteiger partial charge in [0, 0.05) is 26.2 Å². The fourth-order valence-electron chi connectivity index (χ4n) is 3.94. The molecule has 1 N–H and O–H groups in total. The van der Waals surface area contributed by atoms with Crippen molar-refractivity contribution in [3.8, 4) is 0 Å². The lowest BCUT2D eigenvalue weighted by molar-refractivity contribution is 0.0739. The summed E-state index contributed by atoms with van der Waals surface area (Å²) >= 11 is 0. The van der Waals surface area contributed by atoms with Gasteiger partial charge in [-0.1, -0.05) is 17.3 Å². The number of anilines is 1. The van der Waals surface area contributed by atoms with E-state index in [9.17, 15) is 9.18 Å². The summed E-state index contributed by atoms with van der Waals surface area (Å²) < 4.78 is 15.9. The molecule has 0 spiro atoms. The van der Waals surface area contributed by atoms with Crippen LogP contribution in [0, 0.1) is 12.7 Å². The minimum absolute atomic E-state index is 0.0825. The summed E-state index contributed by atoms with van der Waals surface area (Å²) in [6, 6.07) is 7.07. The Morgan fingerprint density at radius 1 is 1.15 bits per heavy atom. The number of rotatable bonds is 3. The van der Waals surface area contributed by atoms with Crippen molar-refractivity contribution >= 4 is 11.6 Å². The van der Waals surface area contributed by atoms with Crippen molar-refractivity contribution < 1.29 is 9.18 Å². The van der Waals surface area contributed by atoms with Crippen LogP contribution in [0.1, 0.15) is 35.1 Å². The molecule has 2 fully saturated rings. The molecule has 0 saturated carbocycles. The van der Waals surface area contributed by atoms with E-state index >= 15 is 0 Å². The number of nitrogens with zero attached hydrogens (tertiary/aromatic N) is 5. The molecule has 1 aromatic carbocycles. The van der Waals surface area contributed by atoms with Crippen molar-refractivity contribution in [1.29, 1.82) is 0 Å². The zero-order chi connectivity index (χ0) is 18.8. The van der Waals surface area contributed by atoms with E-state index in [1.165, 1.54) is 6.07 Å². The number of hydrogen-bond donors (Lipinski definition) is 1. The Morgan fingerprint density at radius 2 is 1.85 bits per heavy atom. The minimum atomic E-state index is -0.224. The predicted octanol–water partition coefficient (Wildman–Crippen LogP) is 1.61. The molecule has 8 heteroatoms. The van der Waals surface area contributed by atoms with Gasteiger partial charge in [-0.2, -0.15) is 0 Å². The Bertz CT molecular complexity index is 808. The van der Waals surface area contributed by atoms with Crippen LogP contribution >= 0.6 is 0 Å². The van der Waals surface area contributed by atoms with Crippen molar-refractivity contribution in [1.82, 2.24) is 25.2 Å². The summed E-state index contributed by atoms with van der Waals surface area (Å²) in [5.41, 5.74) is 1.87. The molecular formula is C19H25FN6O. The molecule has 0 radical (unpaired) electrons. The summed E-state index contributed by atoms with van der Waals surface area (Å²) in [6.07, 6.45) is 2.00. The van der Waals surface area contributed by atoms with Gasteiger partial charge in [-0.3, -0.25) is 4.79 Å². The van der Waals surface area contributed by atoms with Crippen molar-refractivity contribution in [3.63, 3.8) is 0 Å². The molecule has 2 aromatic rings. The first-order valence-corrected chi connectivity index (χ1v) is 9.56. The van der Waals surface area contributed by atoms with Crippen LogP contribution in [0.3, 0.4) is 0 Å². The van der Waals surface area contributed by atoms with Crippen LogP contribution in [0.2, 0.25) is 0 Å². The monoisotopic (exact) mass is 372 g/mol. The van der Waals surface area contributed by atoms with E-state index in [0.717, 1.165) is 31.6 Å². The third-order valence-corrected chi connectivity index (χ3v) is 5.54. The largest absolute Gasteiger partial charge is 0.366 e. The highest BCUT2D eigenvalue weighted by molar-refractivity contribution is 5.93. The first kappa shape index (κ1) is 17.9. The van der Waals surface area contributed by atoms with Gasteiger partial charge in [0.25, 0.3) is 5.91 Å². The Morgan fingerprint density at radius 3 is 2.56 bits per heavy atom. The van der Waals surface area contributed by atoms with Crippen molar-refractivity contribution in [2.24, 2.45) is 0 Å². The highest BCUT2D eigenvalue weighted by Gasteiger charge is 2.28. The molecule has 7 nitrogen and oxygen atoms in total. The molecule has 0 aliphatic carbocycles. The minimum Gasteiger partial charge on any atom is -0.366 e. The van der Waals surface area contributed by atoms with Crippen LogP contribution in [0.5, 0.6) is 0 Å². The van der Waals surface area contributed by atoms with Crippen LogP contribution in [-0.2, 0) is 0 Å². The number of nitrogens with one attached hydrogen (secondary N) is 1. The van der Waals surface area contributed by atoms with Gasteiger partial charge in [0.15, 0.2) is 5.69 Å². The molecular weight excluding hydrogens is 347 g/mol. The van der Waals surface area contributed by atoms with Gasteiger partial charge >= 0.3 is 0 Å². The fourth-order valence-corrected chi connectivity index (χ4v) is 3.94. The maximum absolute atomic E-state index is 14.0. The fraction of sp³-hybridized carbons (Fsp3) is 0.526. The third kappa shape index (κ3) is 3.53. The number of halogens is 1. The van der Waals surface area contributed by atoms with E-state index in [1.807, 2.05) is 22.6 Å². The molecule has 1 amide bonds. The average Bonchev–Trinajstić information content (AvgIpc) is 3.10. The highest BCUT2D eigenvalue weighted by Crippen LogP contribution is 2.23. The van der Waals surface area contributed by atoms with Gasteiger partial charge in [0.2, 0.25) is 0 Å². The lowest BCUT2D eigenvalue weighted by atomic mass is 10.1. The SMILES string of the molecule is Cc1c(C(=O)N2CCN(c3ccccc3F)CC2)nnn1C1CCNCC1. The van der Waals surface area contributed by atoms with Gasteiger partial charge in [-0.15, -0.1) is 5.10 Å². The van der Waals surface area contributed by atoms with Crippen LogP contribution in [0.4, 0.5) is 10.1 Å². The zero-order valence-electron chi connectivity index (χ0n) is 15.6. The number of carbonyl (C=O) groups excluding carboxylic acids is 1.